The average molecular weight is 246 g/mol. The lowest BCUT2D eigenvalue weighted by atomic mass is 9.90. The maximum atomic E-state index is 10.7. The topological polar surface area (TPSA) is 55.1 Å². The highest BCUT2D eigenvalue weighted by molar-refractivity contribution is 5.73. The molecule has 1 aromatic rings. The van der Waals surface area contributed by atoms with E-state index in [4.69, 9.17) is 5.73 Å². The van der Waals surface area contributed by atoms with Crippen LogP contribution in [0.25, 0.3) is 0 Å². The first-order valence-corrected chi connectivity index (χ1v) is 6.81. The second-order valence-electron chi connectivity index (χ2n) is 5.18. The van der Waals surface area contributed by atoms with Crippen LogP contribution in [0.15, 0.2) is 24.3 Å². The van der Waals surface area contributed by atoms with Crippen LogP contribution in [0.1, 0.15) is 30.4 Å². The van der Waals surface area contributed by atoms with Crippen LogP contribution < -0.4 is 11.1 Å². The van der Waals surface area contributed by atoms with Crippen LogP contribution in [-0.4, -0.2) is 19.0 Å². The van der Waals surface area contributed by atoms with Crippen LogP contribution in [0.3, 0.4) is 0 Å². The Kier molecular flexibility index (Phi) is 4.76. The number of hydrogen-bond acceptors (Lipinski definition) is 2. The molecule has 1 fully saturated rings. The van der Waals surface area contributed by atoms with Gasteiger partial charge in [0.15, 0.2) is 0 Å². The van der Waals surface area contributed by atoms with Gasteiger partial charge in [-0.2, -0.15) is 0 Å². The van der Waals surface area contributed by atoms with E-state index >= 15 is 0 Å². The molecule has 0 aromatic heterocycles. The minimum atomic E-state index is -0.228. The Morgan fingerprint density at radius 1 is 1.17 bits per heavy atom. The number of aryl methyl sites for hydroxylation is 1. The van der Waals surface area contributed by atoms with Crippen molar-refractivity contribution in [3.63, 3.8) is 0 Å². The van der Waals surface area contributed by atoms with Gasteiger partial charge in [-0.1, -0.05) is 24.3 Å². The zero-order valence-corrected chi connectivity index (χ0v) is 10.8. The Balaban J connectivity index is 1.84. The van der Waals surface area contributed by atoms with Crippen LogP contribution in [0.5, 0.6) is 0 Å². The van der Waals surface area contributed by atoms with Gasteiger partial charge in [0.05, 0.1) is 0 Å². The Labute approximate surface area is 109 Å². The highest BCUT2D eigenvalue weighted by Crippen LogP contribution is 2.18. The number of nitrogens with one attached hydrogen (secondary N) is 1. The lowest BCUT2D eigenvalue weighted by molar-refractivity contribution is -0.117. The van der Waals surface area contributed by atoms with E-state index in [1.54, 1.807) is 0 Å². The molecule has 1 aliphatic heterocycles. The fourth-order valence-corrected chi connectivity index (χ4v) is 2.53. The van der Waals surface area contributed by atoms with Crippen molar-refractivity contribution in [3.8, 4) is 0 Å². The zero-order chi connectivity index (χ0) is 12.8. The molecule has 0 unspecified atom stereocenters. The standard InChI is InChI=1S/C15H22N2O/c16-15(18)6-5-12-1-3-13(4-2-12)11-14-7-9-17-10-8-14/h1-4,14,17H,5-11H2,(H2,16,18). The summed E-state index contributed by atoms with van der Waals surface area (Å²) in [5.74, 6) is 0.594. The molecule has 3 heteroatoms. The van der Waals surface area contributed by atoms with E-state index in [1.807, 2.05) is 0 Å². The normalized spacial score (nSPS) is 16.7. The Morgan fingerprint density at radius 3 is 2.39 bits per heavy atom. The third-order valence-electron chi connectivity index (χ3n) is 3.67. The molecule has 2 rings (SSSR count). The van der Waals surface area contributed by atoms with Gasteiger partial charge in [-0.25, -0.2) is 0 Å². The summed E-state index contributed by atoms with van der Waals surface area (Å²) in [6.45, 7) is 2.31. The van der Waals surface area contributed by atoms with Crippen molar-refractivity contribution in [3.05, 3.63) is 35.4 Å². The number of carbonyl (C=O) groups excluding carboxylic acids is 1. The quantitative estimate of drug-likeness (QED) is 0.830. The molecule has 0 saturated carbocycles. The number of nitrogens with two attached hydrogens (primary N) is 1. The number of amides is 1. The second kappa shape index (κ2) is 6.55. The SMILES string of the molecule is NC(=O)CCc1ccc(CC2CCNCC2)cc1. The lowest BCUT2D eigenvalue weighted by Crippen LogP contribution is -2.28. The predicted octanol–water partition coefficient (Wildman–Crippen LogP) is 1.65. The molecule has 0 radical (unpaired) electrons. The number of hydrogen-bond donors (Lipinski definition) is 2. The van der Waals surface area contributed by atoms with Gasteiger partial charge in [-0.05, 0) is 55.8 Å². The molecule has 0 aliphatic carbocycles. The van der Waals surface area contributed by atoms with Gasteiger partial charge in [0.1, 0.15) is 0 Å². The molecule has 18 heavy (non-hydrogen) atoms. The third-order valence-corrected chi connectivity index (χ3v) is 3.67. The molecule has 1 saturated heterocycles. The third kappa shape index (κ3) is 4.15. The van der Waals surface area contributed by atoms with E-state index < -0.39 is 0 Å². The maximum absolute atomic E-state index is 10.7. The summed E-state index contributed by atoms with van der Waals surface area (Å²) >= 11 is 0. The summed E-state index contributed by atoms with van der Waals surface area (Å²) in [5, 5.41) is 3.39. The van der Waals surface area contributed by atoms with Crippen molar-refractivity contribution in [1.82, 2.24) is 5.32 Å². The van der Waals surface area contributed by atoms with E-state index in [0.29, 0.717) is 6.42 Å². The average Bonchev–Trinajstić information content (AvgIpc) is 2.39. The Morgan fingerprint density at radius 2 is 1.78 bits per heavy atom. The number of benzene rings is 1. The lowest BCUT2D eigenvalue weighted by Gasteiger charge is -2.22. The first kappa shape index (κ1) is 13.1. The molecule has 98 valence electrons. The maximum Gasteiger partial charge on any atom is 0.217 e. The number of primary amides is 1. The van der Waals surface area contributed by atoms with Crippen LogP contribution >= 0.6 is 0 Å². The van der Waals surface area contributed by atoms with Crippen molar-refractivity contribution in [2.75, 3.05) is 13.1 Å². The van der Waals surface area contributed by atoms with Crippen molar-refractivity contribution in [1.29, 1.82) is 0 Å². The number of piperidine rings is 1. The molecule has 0 atom stereocenters. The van der Waals surface area contributed by atoms with Gasteiger partial charge < -0.3 is 11.1 Å². The zero-order valence-electron chi connectivity index (χ0n) is 10.8. The summed E-state index contributed by atoms with van der Waals surface area (Å²) in [4.78, 5) is 10.7. The number of carbonyl (C=O) groups is 1. The highest BCUT2D eigenvalue weighted by Gasteiger charge is 2.13. The molecular weight excluding hydrogens is 224 g/mol. The van der Waals surface area contributed by atoms with Crippen LogP contribution in [0.4, 0.5) is 0 Å². The largest absolute Gasteiger partial charge is 0.370 e. The van der Waals surface area contributed by atoms with Gasteiger partial charge in [-0.15, -0.1) is 0 Å². The van der Waals surface area contributed by atoms with Gasteiger partial charge in [0.25, 0.3) is 0 Å². The summed E-state index contributed by atoms with van der Waals surface area (Å²) in [5.41, 5.74) is 7.75. The number of rotatable bonds is 5. The van der Waals surface area contributed by atoms with Gasteiger partial charge in [0.2, 0.25) is 5.91 Å². The molecule has 1 amide bonds. The molecule has 0 spiro atoms. The minimum Gasteiger partial charge on any atom is -0.370 e. The molecular formula is C15H22N2O. The first-order valence-electron chi connectivity index (χ1n) is 6.81. The van der Waals surface area contributed by atoms with E-state index in [2.05, 4.69) is 29.6 Å². The molecule has 1 aliphatic rings. The summed E-state index contributed by atoms with van der Waals surface area (Å²) in [7, 11) is 0. The highest BCUT2D eigenvalue weighted by atomic mass is 16.1. The first-order chi connectivity index (χ1) is 8.74. The molecule has 3 nitrogen and oxygen atoms in total. The van der Waals surface area contributed by atoms with Crippen LogP contribution in [0, 0.1) is 5.92 Å². The molecule has 1 heterocycles. The van der Waals surface area contributed by atoms with Gasteiger partial charge in [-0.3, -0.25) is 4.79 Å². The van der Waals surface area contributed by atoms with Crippen LogP contribution in [0.2, 0.25) is 0 Å². The van der Waals surface area contributed by atoms with Gasteiger partial charge in [0, 0.05) is 6.42 Å². The van der Waals surface area contributed by atoms with Crippen molar-refractivity contribution in [2.24, 2.45) is 11.7 Å². The smallest absolute Gasteiger partial charge is 0.217 e. The van der Waals surface area contributed by atoms with Crippen molar-refractivity contribution >= 4 is 5.91 Å². The predicted molar refractivity (Wildman–Crippen MR) is 73.3 cm³/mol. The fourth-order valence-electron chi connectivity index (χ4n) is 2.53. The van der Waals surface area contributed by atoms with Crippen molar-refractivity contribution < 1.29 is 4.79 Å². The Hall–Kier alpha value is -1.35. The molecule has 3 N–H and O–H groups in total. The van der Waals surface area contributed by atoms with E-state index in [-0.39, 0.29) is 5.91 Å². The molecule has 0 bridgehead atoms. The summed E-state index contributed by atoms with van der Waals surface area (Å²) in [6, 6.07) is 8.63. The van der Waals surface area contributed by atoms with E-state index in [0.717, 1.165) is 25.4 Å². The van der Waals surface area contributed by atoms with Crippen molar-refractivity contribution in [2.45, 2.75) is 32.1 Å². The molecule has 1 aromatic carbocycles. The van der Waals surface area contributed by atoms with E-state index in [1.165, 1.54) is 30.4 Å². The van der Waals surface area contributed by atoms with Crippen LogP contribution in [-0.2, 0) is 17.6 Å². The second-order valence-corrected chi connectivity index (χ2v) is 5.18. The van der Waals surface area contributed by atoms with E-state index in [9.17, 15) is 4.79 Å². The minimum absolute atomic E-state index is 0.228. The summed E-state index contributed by atoms with van der Waals surface area (Å²) < 4.78 is 0. The fraction of sp³-hybridized carbons (Fsp3) is 0.533. The Bertz CT molecular complexity index is 380. The van der Waals surface area contributed by atoms with Gasteiger partial charge >= 0.3 is 0 Å². The monoisotopic (exact) mass is 246 g/mol. The summed E-state index contributed by atoms with van der Waals surface area (Å²) in [6.07, 6.45) is 4.93.